The monoisotopic (exact) mass is 354 g/mol. The smallest absolute Gasteiger partial charge is 0.261 e. The molecule has 0 aliphatic rings. The maximum atomic E-state index is 12.9. The molecule has 0 saturated heterocycles. The Balaban J connectivity index is 1.65. The summed E-state index contributed by atoms with van der Waals surface area (Å²) in [4.78, 5) is 25.7. The number of aromatic nitrogens is 6. The Kier molecular flexibility index (Phi) is 3.50. The van der Waals surface area contributed by atoms with Crippen LogP contribution in [-0.4, -0.2) is 29.1 Å². The van der Waals surface area contributed by atoms with Crippen molar-refractivity contribution in [2.45, 2.75) is 6.54 Å². The van der Waals surface area contributed by atoms with Crippen LogP contribution in [0.1, 0.15) is 5.56 Å². The molecule has 0 aliphatic heterocycles. The van der Waals surface area contributed by atoms with E-state index in [4.69, 9.17) is 0 Å². The zero-order valence-electron chi connectivity index (χ0n) is 14.2. The molecule has 1 aromatic carbocycles. The van der Waals surface area contributed by atoms with Gasteiger partial charge in [-0.1, -0.05) is 30.3 Å². The molecule has 0 bridgehead atoms. The molecular formula is C20H14N6O. The summed E-state index contributed by atoms with van der Waals surface area (Å²) in [5.74, 6) is 1.00. The lowest BCUT2D eigenvalue weighted by molar-refractivity contribution is 0.765. The van der Waals surface area contributed by atoms with Crippen molar-refractivity contribution in [3.8, 4) is 11.4 Å². The lowest BCUT2D eigenvalue weighted by atomic mass is 10.2. The van der Waals surface area contributed by atoms with Crippen LogP contribution in [0.15, 0.2) is 78.1 Å². The van der Waals surface area contributed by atoms with E-state index in [-0.39, 0.29) is 5.56 Å². The summed E-state index contributed by atoms with van der Waals surface area (Å²) in [6.07, 6.45) is 6.73. The maximum absolute atomic E-state index is 12.9. The van der Waals surface area contributed by atoms with Gasteiger partial charge in [-0.2, -0.15) is 9.50 Å². The lowest BCUT2D eigenvalue weighted by Crippen LogP contribution is -2.21. The van der Waals surface area contributed by atoms with E-state index in [0.29, 0.717) is 29.0 Å². The Morgan fingerprint density at radius 2 is 1.78 bits per heavy atom. The van der Waals surface area contributed by atoms with Gasteiger partial charge in [-0.15, -0.1) is 5.10 Å². The lowest BCUT2D eigenvalue weighted by Gasteiger charge is -2.07. The highest BCUT2D eigenvalue weighted by Crippen LogP contribution is 2.17. The molecule has 4 aromatic heterocycles. The van der Waals surface area contributed by atoms with Gasteiger partial charge in [0.15, 0.2) is 5.82 Å². The summed E-state index contributed by atoms with van der Waals surface area (Å²) in [6, 6.07) is 15.4. The molecule has 0 N–H and O–H groups in total. The van der Waals surface area contributed by atoms with E-state index in [2.05, 4.69) is 20.1 Å². The number of rotatable bonds is 3. The Morgan fingerprint density at radius 3 is 2.59 bits per heavy atom. The number of hydrogen-bond donors (Lipinski definition) is 0. The Hall–Kier alpha value is -3.87. The fourth-order valence-corrected chi connectivity index (χ4v) is 3.09. The van der Waals surface area contributed by atoms with Crippen LogP contribution < -0.4 is 5.56 Å². The van der Waals surface area contributed by atoms with Crippen LogP contribution in [0.25, 0.3) is 28.1 Å². The first-order chi connectivity index (χ1) is 13.3. The van der Waals surface area contributed by atoms with E-state index < -0.39 is 0 Å². The molecule has 0 atom stereocenters. The van der Waals surface area contributed by atoms with Gasteiger partial charge in [0, 0.05) is 30.4 Å². The van der Waals surface area contributed by atoms with Gasteiger partial charge in [0.05, 0.1) is 17.4 Å². The van der Waals surface area contributed by atoms with Gasteiger partial charge in [0.2, 0.25) is 0 Å². The van der Waals surface area contributed by atoms with Crippen LogP contribution in [0.3, 0.4) is 0 Å². The maximum Gasteiger partial charge on any atom is 0.261 e. The van der Waals surface area contributed by atoms with Gasteiger partial charge in [-0.05, 0) is 23.8 Å². The van der Waals surface area contributed by atoms with Crippen molar-refractivity contribution >= 4 is 16.7 Å². The molecule has 0 saturated carbocycles. The van der Waals surface area contributed by atoms with Crippen LogP contribution in [0.5, 0.6) is 0 Å². The third-order valence-corrected chi connectivity index (χ3v) is 4.44. The van der Waals surface area contributed by atoms with Crippen molar-refractivity contribution in [2.75, 3.05) is 0 Å². The third kappa shape index (κ3) is 2.65. The highest BCUT2D eigenvalue weighted by Gasteiger charge is 2.12. The topological polar surface area (TPSA) is 78.0 Å². The Labute approximate surface area is 153 Å². The summed E-state index contributed by atoms with van der Waals surface area (Å²) in [6.45, 7) is 0.507. The van der Waals surface area contributed by atoms with E-state index in [1.54, 1.807) is 33.9 Å². The van der Waals surface area contributed by atoms with E-state index >= 15 is 0 Å². The van der Waals surface area contributed by atoms with E-state index in [1.165, 1.54) is 0 Å². The number of benzene rings is 1. The van der Waals surface area contributed by atoms with Gasteiger partial charge in [-0.3, -0.25) is 9.78 Å². The zero-order chi connectivity index (χ0) is 18.2. The minimum atomic E-state index is -0.105. The van der Waals surface area contributed by atoms with Crippen LogP contribution >= 0.6 is 0 Å². The molecule has 7 heteroatoms. The first-order valence-corrected chi connectivity index (χ1v) is 8.49. The van der Waals surface area contributed by atoms with Crippen LogP contribution in [0, 0.1) is 0 Å². The van der Waals surface area contributed by atoms with Crippen molar-refractivity contribution < 1.29 is 0 Å². The zero-order valence-corrected chi connectivity index (χ0v) is 14.2. The molecule has 0 aliphatic carbocycles. The molecule has 0 spiro atoms. The highest BCUT2D eigenvalue weighted by atomic mass is 16.1. The van der Waals surface area contributed by atoms with Gasteiger partial charge in [-0.25, -0.2) is 4.98 Å². The molecule has 7 nitrogen and oxygen atoms in total. The molecule has 0 fully saturated rings. The summed E-state index contributed by atoms with van der Waals surface area (Å²) < 4.78 is 3.28. The Morgan fingerprint density at radius 1 is 0.963 bits per heavy atom. The van der Waals surface area contributed by atoms with Gasteiger partial charge >= 0.3 is 0 Å². The van der Waals surface area contributed by atoms with Crippen molar-refractivity contribution in [3.05, 3.63) is 89.2 Å². The number of hydrogen-bond acceptors (Lipinski definition) is 5. The summed E-state index contributed by atoms with van der Waals surface area (Å²) in [5, 5.41) is 5.04. The molecule has 0 unspecified atom stereocenters. The SMILES string of the molecule is O=c1c2cnc3nc(-c4ccncc4)nn3c2ccn1Cc1ccccc1. The predicted molar refractivity (Wildman–Crippen MR) is 101 cm³/mol. The quantitative estimate of drug-likeness (QED) is 0.498. The first kappa shape index (κ1) is 15.4. The fourth-order valence-electron chi connectivity index (χ4n) is 3.09. The van der Waals surface area contributed by atoms with Gasteiger partial charge < -0.3 is 4.57 Å². The Bertz CT molecular complexity index is 1310. The standard InChI is InChI=1S/C20H14N6O/c27-19-16-12-22-20-23-18(15-6-9-21-10-7-15)24-26(20)17(16)8-11-25(19)13-14-4-2-1-3-5-14/h1-12H,13H2. The molecule has 4 heterocycles. The molecular weight excluding hydrogens is 340 g/mol. The number of fused-ring (bicyclic) bond motifs is 3. The second kappa shape index (κ2) is 6.14. The van der Waals surface area contributed by atoms with E-state index in [1.807, 2.05) is 48.5 Å². The predicted octanol–water partition coefficient (Wildman–Crippen LogP) is 2.55. The minimum Gasteiger partial charge on any atom is -0.310 e. The molecule has 0 amide bonds. The summed E-state index contributed by atoms with van der Waals surface area (Å²) in [5.41, 5.74) is 2.49. The minimum absolute atomic E-state index is 0.105. The average molecular weight is 354 g/mol. The van der Waals surface area contributed by atoms with Crippen LogP contribution in [0.2, 0.25) is 0 Å². The summed E-state index contributed by atoms with van der Waals surface area (Å²) in [7, 11) is 0. The van der Waals surface area contributed by atoms with Gasteiger partial charge in [0.1, 0.15) is 0 Å². The van der Waals surface area contributed by atoms with E-state index in [0.717, 1.165) is 11.1 Å². The van der Waals surface area contributed by atoms with Crippen molar-refractivity contribution in [3.63, 3.8) is 0 Å². The average Bonchev–Trinajstić information content (AvgIpc) is 3.16. The normalized spacial score (nSPS) is 11.3. The van der Waals surface area contributed by atoms with Crippen LogP contribution in [-0.2, 0) is 6.54 Å². The molecule has 5 aromatic rings. The van der Waals surface area contributed by atoms with Crippen LogP contribution in [0.4, 0.5) is 0 Å². The van der Waals surface area contributed by atoms with Crippen molar-refractivity contribution in [1.29, 1.82) is 0 Å². The largest absolute Gasteiger partial charge is 0.310 e. The highest BCUT2D eigenvalue weighted by molar-refractivity contribution is 5.79. The van der Waals surface area contributed by atoms with E-state index in [9.17, 15) is 4.79 Å². The second-order valence-electron chi connectivity index (χ2n) is 6.17. The molecule has 5 rings (SSSR count). The fraction of sp³-hybridized carbons (Fsp3) is 0.0500. The third-order valence-electron chi connectivity index (χ3n) is 4.44. The van der Waals surface area contributed by atoms with Crippen molar-refractivity contribution in [2.24, 2.45) is 0 Å². The molecule has 27 heavy (non-hydrogen) atoms. The summed E-state index contributed by atoms with van der Waals surface area (Å²) >= 11 is 0. The second-order valence-corrected chi connectivity index (χ2v) is 6.17. The molecule has 0 radical (unpaired) electrons. The van der Waals surface area contributed by atoms with Crippen molar-refractivity contribution in [1.82, 2.24) is 29.1 Å². The number of nitrogens with zero attached hydrogens (tertiary/aromatic N) is 6. The number of pyridine rings is 2. The molecule has 130 valence electrons. The van der Waals surface area contributed by atoms with Gasteiger partial charge in [0.25, 0.3) is 11.3 Å². The first-order valence-electron chi connectivity index (χ1n) is 8.49.